The molecule has 1 aromatic heterocycles. The Hall–Kier alpha value is -3.12. The summed E-state index contributed by atoms with van der Waals surface area (Å²) in [6.45, 7) is 2.26. The first-order valence-corrected chi connectivity index (χ1v) is 8.86. The zero-order valence-electron chi connectivity index (χ0n) is 14.6. The molecule has 2 aromatic carbocycles. The van der Waals surface area contributed by atoms with E-state index in [-0.39, 0.29) is 29.3 Å². The van der Waals surface area contributed by atoms with Gasteiger partial charge in [-0.05, 0) is 30.7 Å². The van der Waals surface area contributed by atoms with Crippen molar-refractivity contribution >= 4 is 29.0 Å². The van der Waals surface area contributed by atoms with Crippen LogP contribution < -0.4 is 15.4 Å². The zero-order chi connectivity index (χ0) is 19.0. The van der Waals surface area contributed by atoms with Crippen molar-refractivity contribution in [2.75, 3.05) is 17.2 Å². The van der Waals surface area contributed by atoms with Crippen LogP contribution in [0.5, 0.6) is 5.88 Å². The molecule has 136 valence electrons. The van der Waals surface area contributed by atoms with Gasteiger partial charge in [-0.2, -0.15) is 0 Å². The molecule has 2 N–H and O–H groups in total. The predicted octanol–water partition coefficient (Wildman–Crippen LogP) is 3.81. The van der Waals surface area contributed by atoms with E-state index in [0.29, 0.717) is 11.6 Å². The summed E-state index contributed by atoms with van der Waals surface area (Å²) < 4.78 is 5.76. The molecule has 27 heavy (non-hydrogen) atoms. The van der Waals surface area contributed by atoms with Crippen LogP contribution in [0.3, 0.4) is 0 Å². The van der Waals surface area contributed by atoms with Crippen LogP contribution in [0, 0.1) is 0 Å². The van der Waals surface area contributed by atoms with Gasteiger partial charge in [-0.3, -0.25) is 4.79 Å². The molecule has 0 fully saturated rings. The summed E-state index contributed by atoms with van der Waals surface area (Å²) in [5.74, 6) is 0.0462. The molecule has 0 aliphatic carbocycles. The molecule has 1 aliphatic rings. The molecule has 0 saturated heterocycles. The molecule has 3 aromatic rings. The molecule has 1 aliphatic heterocycles. The van der Waals surface area contributed by atoms with Gasteiger partial charge in [0.2, 0.25) is 5.88 Å². The lowest BCUT2D eigenvalue weighted by Crippen LogP contribution is -2.36. The lowest BCUT2D eigenvalue weighted by atomic mass is 10.0. The Labute approximate surface area is 161 Å². The summed E-state index contributed by atoms with van der Waals surface area (Å²) >= 11 is 6.28. The SMILES string of the molecule is CC1CN(c2ccc(-c3ccccc3Cl)cc2)C(=O)c2c(N)ncnc2O1. The first kappa shape index (κ1) is 17.3. The van der Waals surface area contributed by atoms with Crippen LogP contribution in [0.4, 0.5) is 11.5 Å². The van der Waals surface area contributed by atoms with Crippen molar-refractivity contribution in [2.45, 2.75) is 13.0 Å². The van der Waals surface area contributed by atoms with Crippen molar-refractivity contribution in [2.24, 2.45) is 0 Å². The van der Waals surface area contributed by atoms with Crippen molar-refractivity contribution in [3.05, 3.63) is 65.4 Å². The normalized spacial score (nSPS) is 16.4. The number of ether oxygens (including phenoxy) is 1. The van der Waals surface area contributed by atoms with Gasteiger partial charge in [-0.15, -0.1) is 0 Å². The number of fused-ring (bicyclic) bond motifs is 1. The van der Waals surface area contributed by atoms with Crippen molar-refractivity contribution in [1.29, 1.82) is 0 Å². The van der Waals surface area contributed by atoms with Gasteiger partial charge < -0.3 is 15.4 Å². The van der Waals surface area contributed by atoms with Gasteiger partial charge in [0.15, 0.2) is 0 Å². The molecule has 4 rings (SSSR count). The van der Waals surface area contributed by atoms with Crippen LogP contribution in [0.25, 0.3) is 11.1 Å². The molecule has 2 heterocycles. The number of rotatable bonds is 2. The Morgan fingerprint density at radius 1 is 1.15 bits per heavy atom. The quantitative estimate of drug-likeness (QED) is 0.731. The number of carbonyl (C=O) groups is 1. The lowest BCUT2D eigenvalue weighted by molar-refractivity contribution is 0.0988. The van der Waals surface area contributed by atoms with Crippen molar-refractivity contribution in [3.63, 3.8) is 0 Å². The smallest absolute Gasteiger partial charge is 0.267 e. The number of nitrogen functional groups attached to an aromatic ring is 1. The van der Waals surface area contributed by atoms with E-state index in [4.69, 9.17) is 22.1 Å². The van der Waals surface area contributed by atoms with E-state index in [1.807, 2.05) is 55.5 Å². The summed E-state index contributed by atoms with van der Waals surface area (Å²) in [6.07, 6.45) is 1.05. The second-order valence-corrected chi connectivity index (χ2v) is 6.72. The van der Waals surface area contributed by atoms with E-state index in [1.165, 1.54) is 6.33 Å². The van der Waals surface area contributed by atoms with Crippen LogP contribution >= 0.6 is 11.6 Å². The number of carbonyl (C=O) groups excluding carboxylic acids is 1. The number of hydrogen-bond donors (Lipinski definition) is 1. The maximum atomic E-state index is 13.1. The fourth-order valence-electron chi connectivity index (χ4n) is 3.11. The second-order valence-electron chi connectivity index (χ2n) is 6.31. The largest absolute Gasteiger partial charge is 0.472 e. The number of amides is 1. The highest BCUT2D eigenvalue weighted by Crippen LogP contribution is 2.32. The van der Waals surface area contributed by atoms with Gasteiger partial charge in [-0.25, -0.2) is 9.97 Å². The Kier molecular flexibility index (Phi) is 4.41. The fourth-order valence-corrected chi connectivity index (χ4v) is 3.36. The molecule has 7 heteroatoms. The van der Waals surface area contributed by atoms with Gasteiger partial charge in [0.25, 0.3) is 5.91 Å². The van der Waals surface area contributed by atoms with E-state index in [1.54, 1.807) is 4.90 Å². The molecule has 1 unspecified atom stereocenters. The second kappa shape index (κ2) is 6.89. The first-order chi connectivity index (χ1) is 13.0. The highest BCUT2D eigenvalue weighted by atomic mass is 35.5. The maximum absolute atomic E-state index is 13.1. The molecular weight excluding hydrogens is 364 g/mol. The van der Waals surface area contributed by atoms with Crippen LogP contribution in [0.15, 0.2) is 54.9 Å². The summed E-state index contributed by atoms with van der Waals surface area (Å²) in [6, 6.07) is 15.3. The van der Waals surface area contributed by atoms with Gasteiger partial charge in [0, 0.05) is 16.3 Å². The molecule has 6 nitrogen and oxygen atoms in total. The third-order valence-electron chi connectivity index (χ3n) is 4.42. The number of hydrogen-bond acceptors (Lipinski definition) is 5. The summed E-state index contributed by atoms with van der Waals surface area (Å²) in [5.41, 5.74) is 8.75. The standard InChI is InChI=1S/C20H17ClN4O2/c1-12-10-25(20(26)17-18(22)23-11-24-19(17)27-12)14-8-6-13(7-9-14)15-4-2-3-5-16(15)21/h2-9,11-12H,10H2,1H3,(H2,22,23,24). The van der Waals surface area contributed by atoms with E-state index in [2.05, 4.69) is 9.97 Å². The van der Waals surface area contributed by atoms with E-state index < -0.39 is 0 Å². The molecule has 1 atom stereocenters. The van der Waals surface area contributed by atoms with Gasteiger partial charge >= 0.3 is 0 Å². The third kappa shape index (κ3) is 3.19. The summed E-state index contributed by atoms with van der Waals surface area (Å²) in [4.78, 5) is 22.7. The molecule has 0 bridgehead atoms. The van der Waals surface area contributed by atoms with Crippen molar-refractivity contribution in [3.8, 4) is 17.0 Å². The minimum Gasteiger partial charge on any atom is -0.472 e. The Bertz CT molecular complexity index is 1010. The predicted molar refractivity (Wildman–Crippen MR) is 105 cm³/mol. The average molecular weight is 381 g/mol. The van der Waals surface area contributed by atoms with Crippen molar-refractivity contribution in [1.82, 2.24) is 9.97 Å². The number of nitrogens with zero attached hydrogens (tertiary/aromatic N) is 3. The highest BCUT2D eigenvalue weighted by Gasteiger charge is 2.31. The number of anilines is 2. The van der Waals surface area contributed by atoms with Gasteiger partial charge in [0.05, 0.1) is 6.54 Å². The van der Waals surface area contributed by atoms with Crippen LogP contribution in [-0.2, 0) is 0 Å². The molecule has 1 amide bonds. The van der Waals surface area contributed by atoms with Crippen LogP contribution in [-0.4, -0.2) is 28.5 Å². The monoisotopic (exact) mass is 380 g/mol. The highest BCUT2D eigenvalue weighted by molar-refractivity contribution is 6.33. The number of aromatic nitrogens is 2. The minimum atomic E-state index is -0.280. The van der Waals surface area contributed by atoms with E-state index in [9.17, 15) is 4.79 Å². The molecular formula is C20H17ClN4O2. The minimum absolute atomic E-state index is 0.108. The molecule has 0 radical (unpaired) electrons. The number of nitrogens with two attached hydrogens (primary N) is 1. The maximum Gasteiger partial charge on any atom is 0.267 e. The Morgan fingerprint density at radius 3 is 2.63 bits per heavy atom. The molecule has 0 saturated carbocycles. The Morgan fingerprint density at radius 2 is 1.89 bits per heavy atom. The third-order valence-corrected chi connectivity index (χ3v) is 4.75. The summed E-state index contributed by atoms with van der Waals surface area (Å²) in [7, 11) is 0. The van der Waals surface area contributed by atoms with Crippen LogP contribution in [0.1, 0.15) is 17.3 Å². The number of benzene rings is 2. The Balaban J connectivity index is 1.71. The first-order valence-electron chi connectivity index (χ1n) is 8.48. The van der Waals surface area contributed by atoms with E-state index >= 15 is 0 Å². The topological polar surface area (TPSA) is 81.3 Å². The average Bonchev–Trinajstić information content (AvgIpc) is 2.79. The zero-order valence-corrected chi connectivity index (χ0v) is 15.3. The summed E-state index contributed by atoms with van der Waals surface area (Å²) in [5, 5.41) is 0.678. The van der Waals surface area contributed by atoms with Crippen LogP contribution in [0.2, 0.25) is 5.02 Å². The van der Waals surface area contributed by atoms with Gasteiger partial charge in [-0.1, -0.05) is 41.9 Å². The fraction of sp³-hybridized carbons (Fsp3) is 0.150. The molecule has 0 spiro atoms. The van der Waals surface area contributed by atoms with E-state index in [0.717, 1.165) is 16.8 Å². The number of halogens is 1. The van der Waals surface area contributed by atoms with Gasteiger partial charge in [0.1, 0.15) is 23.8 Å². The van der Waals surface area contributed by atoms with Crippen molar-refractivity contribution < 1.29 is 9.53 Å². The lowest BCUT2D eigenvalue weighted by Gasteiger charge is -2.22.